The number of carboxylic acids is 1. The van der Waals surface area contributed by atoms with Gasteiger partial charge in [0.2, 0.25) is 5.91 Å². The fourth-order valence-electron chi connectivity index (χ4n) is 2.53. The summed E-state index contributed by atoms with van der Waals surface area (Å²) in [6.07, 6.45) is 6.22. The zero-order chi connectivity index (χ0) is 13.7. The van der Waals surface area contributed by atoms with Gasteiger partial charge in [0.15, 0.2) is 0 Å². The third-order valence-electron chi connectivity index (χ3n) is 3.45. The summed E-state index contributed by atoms with van der Waals surface area (Å²) in [5.74, 6) is -0.791. The number of carbonyl (C=O) groups is 2. The highest BCUT2D eigenvalue weighted by molar-refractivity contribution is 5.77. The molecule has 0 aromatic carbocycles. The van der Waals surface area contributed by atoms with E-state index >= 15 is 0 Å². The summed E-state index contributed by atoms with van der Waals surface area (Å²) < 4.78 is 0. The predicted octanol–water partition coefficient (Wildman–Crippen LogP) is 2.00. The van der Waals surface area contributed by atoms with Gasteiger partial charge in [-0.25, -0.2) is 0 Å². The standard InChI is InChI=1S/C14H18N2O3/c17-13(4-1-5-14(18)19)16-10-2-3-12(16)11-6-8-15-9-7-11/h6-9,12H,1-5,10H2,(H,18,19). The minimum atomic E-state index is -0.847. The van der Waals surface area contributed by atoms with Crippen LogP contribution >= 0.6 is 0 Å². The third-order valence-corrected chi connectivity index (χ3v) is 3.45. The fourth-order valence-corrected chi connectivity index (χ4v) is 2.53. The summed E-state index contributed by atoms with van der Waals surface area (Å²) in [5, 5.41) is 8.59. The molecule has 1 unspecified atom stereocenters. The SMILES string of the molecule is O=C(O)CCCC(=O)N1CCCC1c1ccncc1. The number of amides is 1. The molecule has 2 rings (SSSR count). The van der Waals surface area contributed by atoms with Gasteiger partial charge < -0.3 is 10.0 Å². The van der Waals surface area contributed by atoms with E-state index in [1.807, 2.05) is 17.0 Å². The highest BCUT2D eigenvalue weighted by Gasteiger charge is 2.29. The van der Waals surface area contributed by atoms with Crippen LogP contribution in [0.1, 0.15) is 43.7 Å². The molecule has 5 heteroatoms. The van der Waals surface area contributed by atoms with E-state index in [4.69, 9.17) is 5.11 Å². The Labute approximate surface area is 112 Å². The van der Waals surface area contributed by atoms with Gasteiger partial charge in [0.1, 0.15) is 0 Å². The van der Waals surface area contributed by atoms with Crippen LogP contribution in [-0.2, 0) is 9.59 Å². The van der Waals surface area contributed by atoms with E-state index in [-0.39, 0.29) is 18.4 Å². The number of aromatic nitrogens is 1. The van der Waals surface area contributed by atoms with Gasteiger partial charge in [-0.1, -0.05) is 0 Å². The van der Waals surface area contributed by atoms with E-state index in [9.17, 15) is 9.59 Å². The molecule has 1 N–H and O–H groups in total. The van der Waals surface area contributed by atoms with Gasteiger partial charge in [0, 0.05) is 31.8 Å². The molecule has 0 aliphatic carbocycles. The summed E-state index contributed by atoms with van der Waals surface area (Å²) in [6.45, 7) is 0.763. The van der Waals surface area contributed by atoms with Crippen molar-refractivity contribution in [3.8, 4) is 0 Å². The Kier molecular flexibility index (Phi) is 4.49. The predicted molar refractivity (Wildman–Crippen MR) is 69.4 cm³/mol. The lowest BCUT2D eigenvalue weighted by Gasteiger charge is -2.25. The first kappa shape index (κ1) is 13.5. The Bertz CT molecular complexity index is 447. The summed E-state index contributed by atoms with van der Waals surface area (Å²) in [4.78, 5) is 28.4. The Morgan fingerprint density at radius 3 is 2.74 bits per heavy atom. The zero-order valence-electron chi connectivity index (χ0n) is 10.8. The van der Waals surface area contributed by atoms with Crippen LogP contribution in [0, 0.1) is 0 Å². The van der Waals surface area contributed by atoms with Crippen molar-refractivity contribution in [2.24, 2.45) is 0 Å². The molecular formula is C14H18N2O3. The smallest absolute Gasteiger partial charge is 0.303 e. The average Bonchev–Trinajstić information content (AvgIpc) is 2.88. The lowest BCUT2D eigenvalue weighted by Crippen LogP contribution is -2.30. The van der Waals surface area contributed by atoms with Crippen molar-refractivity contribution in [1.82, 2.24) is 9.88 Å². The molecule has 1 fully saturated rings. The van der Waals surface area contributed by atoms with Crippen molar-refractivity contribution in [3.63, 3.8) is 0 Å². The van der Waals surface area contributed by atoms with E-state index < -0.39 is 5.97 Å². The normalized spacial score (nSPS) is 18.5. The number of carboxylic acid groups (broad SMARTS) is 1. The molecule has 2 heterocycles. The number of aliphatic carboxylic acids is 1. The molecule has 19 heavy (non-hydrogen) atoms. The van der Waals surface area contributed by atoms with Crippen LogP contribution in [0.25, 0.3) is 0 Å². The van der Waals surface area contributed by atoms with Crippen molar-refractivity contribution < 1.29 is 14.7 Å². The number of likely N-dealkylation sites (tertiary alicyclic amines) is 1. The molecule has 1 atom stereocenters. The van der Waals surface area contributed by atoms with Crippen LogP contribution in [0.2, 0.25) is 0 Å². The summed E-state index contributed by atoms with van der Waals surface area (Å²) >= 11 is 0. The number of hydrogen-bond donors (Lipinski definition) is 1. The highest BCUT2D eigenvalue weighted by atomic mass is 16.4. The first-order valence-electron chi connectivity index (χ1n) is 6.59. The number of rotatable bonds is 5. The quantitative estimate of drug-likeness (QED) is 0.881. The van der Waals surface area contributed by atoms with E-state index in [0.717, 1.165) is 24.9 Å². The van der Waals surface area contributed by atoms with Crippen LogP contribution < -0.4 is 0 Å². The van der Waals surface area contributed by atoms with Crippen molar-refractivity contribution in [2.45, 2.75) is 38.1 Å². The monoisotopic (exact) mass is 262 g/mol. The Morgan fingerprint density at radius 1 is 1.32 bits per heavy atom. The zero-order valence-corrected chi connectivity index (χ0v) is 10.8. The van der Waals surface area contributed by atoms with Crippen LogP contribution in [0.4, 0.5) is 0 Å². The van der Waals surface area contributed by atoms with Crippen LogP contribution in [0.3, 0.4) is 0 Å². The minimum Gasteiger partial charge on any atom is -0.481 e. The molecule has 102 valence electrons. The lowest BCUT2D eigenvalue weighted by molar-refractivity contribution is -0.137. The summed E-state index contributed by atoms with van der Waals surface area (Å²) in [6, 6.07) is 4.00. The molecule has 0 saturated carbocycles. The fraction of sp³-hybridized carbons (Fsp3) is 0.500. The molecule has 5 nitrogen and oxygen atoms in total. The van der Waals surface area contributed by atoms with Gasteiger partial charge in [0.25, 0.3) is 0 Å². The number of pyridine rings is 1. The van der Waals surface area contributed by atoms with Crippen LogP contribution in [0.15, 0.2) is 24.5 Å². The Hall–Kier alpha value is -1.91. The van der Waals surface area contributed by atoms with Gasteiger partial charge >= 0.3 is 5.97 Å². The molecule has 1 saturated heterocycles. The van der Waals surface area contributed by atoms with E-state index in [1.165, 1.54) is 0 Å². The van der Waals surface area contributed by atoms with Crippen molar-refractivity contribution >= 4 is 11.9 Å². The van der Waals surface area contributed by atoms with Crippen molar-refractivity contribution in [1.29, 1.82) is 0 Å². The van der Waals surface area contributed by atoms with Crippen molar-refractivity contribution in [3.05, 3.63) is 30.1 Å². The highest BCUT2D eigenvalue weighted by Crippen LogP contribution is 2.32. The third kappa shape index (κ3) is 3.53. The number of hydrogen-bond acceptors (Lipinski definition) is 3. The maximum absolute atomic E-state index is 12.1. The molecule has 0 radical (unpaired) electrons. The first-order chi connectivity index (χ1) is 9.18. The summed E-state index contributed by atoms with van der Waals surface area (Å²) in [5.41, 5.74) is 1.11. The molecule has 1 aromatic rings. The number of nitrogens with zero attached hydrogens (tertiary/aromatic N) is 2. The van der Waals surface area contributed by atoms with Crippen molar-refractivity contribution in [2.75, 3.05) is 6.54 Å². The molecule has 0 spiro atoms. The van der Waals surface area contributed by atoms with E-state index in [2.05, 4.69) is 4.98 Å². The lowest BCUT2D eigenvalue weighted by atomic mass is 10.1. The van der Waals surface area contributed by atoms with Gasteiger partial charge in [-0.3, -0.25) is 14.6 Å². The Balaban J connectivity index is 1.95. The van der Waals surface area contributed by atoms with Gasteiger partial charge in [0.05, 0.1) is 6.04 Å². The minimum absolute atomic E-state index is 0.0551. The molecule has 1 amide bonds. The average molecular weight is 262 g/mol. The van der Waals surface area contributed by atoms with Crippen LogP contribution in [-0.4, -0.2) is 33.4 Å². The Morgan fingerprint density at radius 2 is 2.05 bits per heavy atom. The molecule has 1 aliphatic heterocycles. The maximum Gasteiger partial charge on any atom is 0.303 e. The maximum atomic E-state index is 12.1. The second-order valence-electron chi connectivity index (χ2n) is 4.77. The second kappa shape index (κ2) is 6.31. The largest absolute Gasteiger partial charge is 0.481 e. The van der Waals surface area contributed by atoms with Gasteiger partial charge in [-0.2, -0.15) is 0 Å². The van der Waals surface area contributed by atoms with Gasteiger partial charge in [-0.05, 0) is 37.0 Å². The number of carbonyl (C=O) groups excluding carboxylic acids is 1. The van der Waals surface area contributed by atoms with E-state index in [1.54, 1.807) is 12.4 Å². The topological polar surface area (TPSA) is 70.5 Å². The molecular weight excluding hydrogens is 244 g/mol. The van der Waals surface area contributed by atoms with Gasteiger partial charge in [-0.15, -0.1) is 0 Å². The second-order valence-corrected chi connectivity index (χ2v) is 4.77. The van der Waals surface area contributed by atoms with Crippen LogP contribution in [0.5, 0.6) is 0 Å². The molecule has 1 aromatic heterocycles. The first-order valence-corrected chi connectivity index (χ1v) is 6.59. The molecule has 1 aliphatic rings. The summed E-state index contributed by atoms with van der Waals surface area (Å²) in [7, 11) is 0. The van der Waals surface area contributed by atoms with E-state index in [0.29, 0.717) is 12.8 Å². The molecule has 0 bridgehead atoms.